The van der Waals surface area contributed by atoms with E-state index in [4.69, 9.17) is 9.15 Å². The number of nitrogens with zero attached hydrogens (tertiary/aromatic N) is 6. The van der Waals surface area contributed by atoms with Crippen LogP contribution in [0.4, 0.5) is 4.79 Å². The Balaban J connectivity index is 1.38. The molecule has 0 saturated carbocycles. The molecule has 6 rings (SSSR count). The fraction of sp³-hybridized carbons (Fsp3) is 0.371. The Labute approximate surface area is 278 Å². The lowest BCUT2D eigenvalue weighted by molar-refractivity contribution is 0.0443. The molecule has 0 spiro atoms. The Morgan fingerprint density at radius 1 is 1.09 bits per heavy atom. The first kappa shape index (κ1) is 32.1. The summed E-state index contributed by atoms with van der Waals surface area (Å²) in [5.41, 5.74) is 1.91. The SMILES string of the molecule is Cc1csc(C2CCCN2C(=O)c2cc(-c3nnc(C(C)(Cc4ccccc4)NC(=O)OC(C)(C)C)o3)cc(-c3nccn3C)c2)n1. The van der Waals surface area contributed by atoms with Crippen LogP contribution in [-0.4, -0.2) is 53.8 Å². The third-order valence-electron chi connectivity index (χ3n) is 8.02. The van der Waals surface area contributed by atoms with Crippen molar-refractivity contribution in [1.29, 1.82) is 0 Å². The van der Waals surface area contributed by atoms with E-state index in [1.54, 1.807) is 23.6 Å². The molecule has 12 heteroatoms. The highest BCUT2D eigenvalue weighted by molar-refractivity contribution is 7.09. The van der Waals surface area contributed by atoms with Crippen LogP contribution in [0.25, 0.3) is 22.8 Å². The number of imidazole rings is 1. The summed E-state index contributed by atoms with van der Waals surface area (Å²) in [5, 5.41) is 14.8. The number of aromatic nitrogens is 5. The number of carbonyl (C=O) groups excluding carboxylic acids is 2. The molecule has 2 amide bonds. The Morgan fingerprint density at radius 3 is 2.53 bits per heavy atom. The van der Waals surface area contributed by atoms with E-state index in [1.807, 2.05) is 105 Å². The van der Waals surface area contributed by atoms with Crippen molar-refractivity contribution >= 4 is 23.3 Å². The molecule has 0 radical (unpaired) electrons. The summed E-state index contributed by atoms with van der Waals surface area (Å²) in [4.78, 5) is 38.3. The summed E-state index contributed by atoms with van der Waals surface area (Å²) in [6.45, 7) is 9.86. The third-order valence-corrected chi connectivity index (χ3v) is 9.08. The van der Waals surface area contributed by atoms with Gasteiger partial charge >= 0.3 is 6.09 Å². The summed E-state index contributed by atoms with van der Waals surface area (Å²) < 4.78 is 13.8. The number of alkyl carbamates (subject to hydrolysis) is 1. The maximum absolute atomic E-state index is 14.2. The number of aryl methyl sites for hydroxylation is 2. The van der Waals surface area contributed by atoms with Gasteiger partial charge in [0.2, 0.25) is 11.8 Å². The van der Waals surface area contributed by atoms with E-state index in [2.05, 4.69) is 25.5 Å². The van der Waals surface area contributed by atoms with E-state index in [-0.39, 0.29) is 23.7 Å². The van der Waals surface area contributed by atoms with Crippen LogP contribution in [0.5, 0.6) is 0 Å². The summed E-state index contributed by atoms with van der Waals surface area (Å²) in [6, 6.07) is 15.2. The van der Waals surface area contributed by atoms with Crippen LogP contribution in [-0.2, 0) is 23.7 Å². The van der Waals surface area contributed by atoms with E-state index >= 15 is 0 Å². The fourth-order valence-electron chi connectivity index (χ4n) is 5.87. The van der Waals surface area contributed by atoms with Crippen molar-refractivity contribution in [3.05, 3.63) is 94.0 Å². The minimum absolute atomic E-state index is 0.0749. The number of likely N-dealkylation sites (tertiary alicyclic amines) is 1. The molecular weight excluding hydrogens is 614 g/mol. The van der Waals surface area contributed by atoms with Crippen molar-refractivity contribution in [3.8, 4) is 22.8 Å². The quantitative estimate of drug-likeness (QED) is 0.192. The average molecular weight is 654 g/mol. The van der Waals surface area contributed by atoms with Gasteiger partial charge in [0, 0.05) is 60.2 Å². The predicted octanol–water partition coefficient (Wildman–Crippen LogP) is 6.86. The number of hydrogen-bond acceptors (Lipinski definition) is 9. The summed E-state index contributed by atoms with van der Waals surface area (Å²) in [7, 11) is 1.90. The van der Waals surface area contributed by atoms with Crippen molar-refractivity contribution < 1.29 is 18.7 Å². The van der Waals surface area contributed by atoms with Crippen LogP contribution in [0.15, 0.2) is 70.7 Å². The maximum atomic E-state index is 14.2. The molecule has 1 fully saturated rings. The zero-order valence-electron chi connectivity index (χ0n) is 27.5. The minimum atomic E-state index is -1.10. The van der Waals surface area contributed by atoms with Gasteiger partial charge in [0.15, 0.2) is 0 Å². The lowest BCUT2D eigenvalue weighted by Crippen LogP contribution is -2.47. The Hall–Kier alpha value is -4.84. The van der Waals surface area contributed by atoms with Gasteiger partial charge in [0.1, 0.15) is 22.0 Å². The lowest BCUT2D eigenvalue weighted by Gasteiger charge is -2.29. The summed E-state index contributed by atoms with van der Waals surface area (Å²) in [6.07, 6.45) is 5.11. The number of amides is 2. The van der Waals surface area contributed by atoms with Gasteiger partial charge in [0.25, 0.3) is 5.91 Å². The molecule has 5 aromatic rings. The Kier molecular flexibility index (Phi) is 8.71. The molecule has 244 valence electrons. The first-order valence-corrected chi connectivity index (χ1v) is 16.5. The Bertz CT molecular complexity index is 1890. The first-order chi connectivity index (χ1) is 22.4. The van der Waals surface area contributed by atoms with E-state index in [1.165, 1.54) is 0 Å². The Morgan fingerprint density at radius 2 is 1.85 bits per heavy atom. The highest BCUT2D eigenvalue weighted by Gasteiger charge is 2.37. The zero-order chi connectivity index (χ0) is 33.3. The smallest absolute Gasteiger partial charge is 0.408 e. The molecule has 0 aliphatic carbocycles. The summed E-state index contributed by atoms with van der Waals surface area (Å²) in [5.74, 6) is 1.01. The standard InChI is InChI=1S/C35H39N7O4S/c1-22-21-47-30(37-22)27-13-10-15-42(27)31(43)26-18-24(28-36-14-16-41(28)6)17-25(19-26)29-39-40-32(45-29)35(5,20-23-11-8-7-9-12-23)38-33(44)46-34(2,3)4/h7-9,11-12,14,16-19,21,27H,10,13,15,20H2,1-6H3,(H,38,44). The van der Waals surface area contributed by atoms with Crippen molar-refractivity contribution in [3.63, 3.8) is 0 Å². The topological polar surface area (TPSA) is 128 Å². The third kappa shape index (κ3) is 7.12. The monoisotopic (exact) mass is 653 g/mol. The predicted molar refractivity (Wildman–Crippen MR) is 179 cm³/mol. The zero-order valence-corrected chi connectivity index (χ0v) is 28.3. The molecule has 0 bridgehead atoms. The number of benzene rings is 2. The number of hydrogen-bond donors (Lipinski definition) is 1. The molecule has 4 heterocycles. The molecule has 1 N–H and O–H groups in total. The number of rotatable bonds is 8. The van der Waals surface area contributed by atoms with Crippen LogP contribution >= 0.6 is 11.3 Å². The van der Waals surface area contributed by atoms with E-state index in [0.29, 0.717) is 29.9 Å². The molecule has 2 unspecified atom stereocenters. The van der Waals surface area contributed by atoms with Crippen LogP contribution in [0.2, 0.25) is 0 Å². The normalized spacial score (nSPS) is 16.2. The maximum Gasteiger partial charge on any atom is 0.408 e. The average Bonchev–Trinajstić information content (AvgIpc) is 3.83. The molecule has 1 aliphatic rings. The van der Waals surface area contributed by atoms with Crippen LogP contribution in [0.3, 0.4) is 0 Å². The van der Waals surface area contributed by atoms with Gasteiger partial charge in [-0.25, -0.2) is 14.8 Å². The van der Waals surface area contributed by atoms with Crippen molar-refractivity contribution in [2.24, 2.45) is 7.05 Å². The lowest BCUT2D eigenvalue weighted by atomic mass is 9.92. The second-order valence-corrected chi connectivity index (χ2v) is 14.1. The van der Waals surface area contributed by atoms with Crippen molar-refractivity contribution in [2.75, 3.05) is 6.54 Å². The van der Waals surface area contributed by atoms with Crippen molar-refractivity contribution in [1.82, 2.24) is 34.9 Å². The second kappa shape index (κ2) is 12.7. The molecule has 1 aliphatic heterocycles. The number of carbonyl (C=O) groups is 2. The van der Waals surface area contributed by atoms with Crippen molar-refractivity contribution in [2.45, 2.75) is 71.1 Å². The van der Waals surface area contributed by atoms with Gasteiger partial charge in [-0.05, 0) is 71.2 Å². The van der Waals surface area contributed by atoms with Gasteiger partial charge in [-0.1, -0.05) is 30.3 Å². The molecule has 3 aromatic heterocycles. The van der Waals surface area contributed by atoms with E-state index < -0.39 is 17.2 Å². The number of nitrogens with one attached hydrogen (secondary N) is 1. The van der Waals surface area contributed by atoms with E-state index in [9.17, 15) is 9.59 Å². The molecular formula is C35H39N7O4S. The summed E-state index contributed by atoms with van der Waals surface area (Å²) >= 11 is 1.59. The molecule has 11 nitrogen and oxygen atoms in total. The van der Waals surface area contributed by atoms with Gasteiger partial charge in [-0.3, -0.25) is 4.79 Å². The van der Waals surface area contributed by atoms with Crippen LogP contribution in [0.1, 0.15) is 79.1 Å². The van der Waals surface area contributed by atoms with Gasteiger partial charge in [-0.15, -0.1) is 21.5 Å². The number of ether oxygens (including phenoxy) is 1. The van der Waals surface area contributed by atoms with Gasteiger partial charge in [-0.2, -0.15) is 0 Å². The van der Waals surface area contributed by atoms with Crippen LogP contribution in [0, 0.1) is 6.92 Å². The largest absolute Gasteiger partial charge is 0.444 e. The fourth-order valence-corrected chi connectivity index (χ4v) is 6.82. The minimum Gasteiger partial charge on any atom is -0.444 e. The molecule has 2 aromatic carbocycles. The molecule has 2 atom stereocenters. The van der Waals surface area contributed by atoms with Crippen LogP contribution < -0.4 is 5.32 Å². The first-order valence-electron chi connectivity index (χ1n) is 15.6. The highest BCUT2D eigenvalue weighted by Crippen LogP contribution is 2.37. The molecule has 47 heavy (non-hydrogen) atoms. The van der Waals surface area contributed by atoms with Gasteiger partial charge < -0.3 is 23.9 Å². The van der Waals surface area contributed by atoms with E-state index in [0.717, 1.165) is 34.7 Å². The number of thiazole rings is 1. The molecule has 1 saturated heterocycles. The highest BCUT2D eigenvalue weighted by atomic mass is 32.1. The second-order valence-electron chi connectivity index (χ2n) is 13.2. The van der Waals surface area contributed by atoms with Gasteiger partial charge in [0.05, 0.1) is 6.04 Å².